The smallest absolute Gasteiger partial charge is 0.143 e. The second-order valence-corrected chi connectivity index (χ2v) is 15.3. The van der Waals surface area contributed by atoms with E-state index in [1.807, 2.05) is 12.1 Å². The quantitative estimate of drug-likeness (QED) is 0.153. The van der Waals surface area contributed by atoms with E-state index >= 15 is 0 Å². The zero-order valence-electron chi connectivity index (χ0n) is 32.9. The minimum Gasteiger partial charge on any atom is -0.455 e. The van der Waals surface area contributed by atoms with Crippen molar-refractivity contribution < 1.29 is 4.42 Å². The van der Waals surface area contributed by atoms with Gasteiger partial charge in [0.05, 0.1) is 0 Å². The van der Waals surface area contributed by atoms with Gasteiger partial charge in [-0.25, -0.2) is 0 Å². The number of hydrogen-bond donors (Lipinski definition) is 0. The lowest BCUT2D eigenvalue weighted by atomic mass is 9.95. The summed E-state index contributed by atoms with van der Waals surface area (Å²) >= 11 is 0. The van der Waals surface area contributed by atoms with E-state index in [2.05, 4.69) is 229 Å². The summed E-state index contributed by atoms with van der Waals surface area (Å²) in [7, 11) is 0. The molecule has 11 rings (SSSR count). The number of para-hydroxylation sites is 2. The first-order valence-corrected chi connectivity index (χ1v) is 20.5. The third-order valence-electron chi connectivity index (χ3n) is 11.7. The van der Waals surface area contributed by atoms with Crippen LogP contribution in [0.2, 0.25) is 0 Å². The Hall–Kier alpha value is -7.94. The number of furan rings is 1. The van der Waals surface area contributed by atoms with Crippen molar-refractivity contribution in [1.29, 1.82) is 0 Å². The van der Waals surface area contributed by atoms with Gasteiger partial charge in [-0.2, -0.15) is 0 Å². The van der Waals surface area contributed by atoms with Crippen LogP contribution >= 0.6 is 0 Å². The molecule has 0 saturated heterocycles. The summed E-state index contributed by atoms with van der Waals surface area (Å²) in [5.41, 5.74) is 16.8. The van der Waals surface area contributed by atoms with Gasteiger partial charge < -0.3 is 9.32 Å². The Balaban J connectivity index is 0.939. The predicted molar refractivity (Wildman–Crippen MR) is 253 cm³/mol. The Morgan fingerprint density at radius 2 is 0.683 bits per heavy atom. The summed E-state index contributed by atoms with van der Waals surface area (Å²) in [5.74, 6) is 0. The van der Waals surface area contributed by atoms with E-state index in [9.17, 15) is 0 Å². The van der Waals surface area contributed by atoms with Crippen LogP contribution in [-0.4, -0.2) is 0 Å². The zero-order valence-corrected chi connectivity index (χ0v) is 32.9. The maximum absolute atomic E-state index is 6.41. The van der Waals surface area contributed by atoms with E-state index in [-0.39, 0.29) is 0 Å². The predicted octanol–water partition coefficient (Wildman–Crippen LogP) is 16.5. The van der Waals surface area contributed by atoms with Gasteiger partial charge in [-0.05, 0) is 115 Å². The summed E-state index contributed by atoms with van der Waals surface area (Å²) in [6, 6.07) is 84.8. The van der Waals surface area contributed by atoms with Gasteiger partial charge in [-0.3, -0.25) is 0 Å². The van der Waals surface area contributed by atoms with Crippen molar-refractivity contribution in [3.8, 4) is 55.6 Å². The highest BCUT2D eigenvalue weighted by Gasteiger charge is 2.16. The molecular weight excluding hydrogens is 727 g/mol. The van der Waals surface area contributed by atoms with Crippen molar-refractivity contribution in [3.63, 3.8) is 0 Å². The second-order valence-electron chi connectivity index (χ2n) is 15.3. The van der Waals surface area contributed by atoms with Gasteiger partial charge in [-0.15, -0.1) is 0 Å². The molecule has 0 unspecified atom stereocenters. The molecule has 2 heteroatoms. The van der Waals surface area contributed by atoms with E-state index in [0.717, 1.165) is 61.3 Å². The van der Waals surface area contributed by atoms with E-state index in [1.54, 1.807) is 0 Å². The maximum Gasteiger partial charge on any atom is 0.143 e. The number of nitrogens with zero attached hydrogens (tertiary/aromatic N) is 1. The van der Waals surface area contributed by atoms with Gasteiger partial charge in [-0.1, -0.05) is 182 Å². The lowest BCUT2D eigenvalue weighted by Crippen LogP contribution is -2.09. The summed E-state index contributed by atoms with van der Waals surface area (Å²) < 4.78 is 6.41. The first-order valence-electron chi connectivity index (χ1n) is 20.5. The molecule has 60 heavy (non-hydrogen) atoms. The Bertz CT molecular complexity index is 3280. The summed E-state index contributed by atoms with van der Waals surface area (Å²) in [4.78, 5) is 2.34. The van der Waals surface area contributed by atoms with Crippen molar-refractivity contribution in [2.45, 2.75) is 0 Å². The molecule has 1 heterocycles. The van der Waals surface area contributed by atoms with Crippen LogP contribution in [-0.2, 0) is 0 Å². The van der Waals surface area contributed by atoms with Gasteiger partial charge in [0.2, 0.25) is 0 Å². The zero-order chi connectivity index (χ0) is 39.8. The molecule has 2 nitrogen and oxygen atoms in total. The Kier molecular flexibility index (Phi) is 8.87. The van der Waals surface area contributed by atoms with Gasteiger partial charge in [0.25, 0.3) is 0 Å². The van der Waals surface area contributed by atoms with Crippen molar-refractivity contribution in [1.82, 2.24) is 0 Å². The van der Waals surface area contributed by atoms with Gasteiger partial charge in [0, 0.05) is 33.4 Å². The van der Waals surface area contributed by atoms with Crippen LogP contribution in [0.5, 0.6) is 0 Å². The first-order chi connectivity index (χ1) is 29.7. The van der Waals surface area contributed by atoms with Crippen LogP contribution in [0.1, 0.15) is 0 Å². The van der Waals surface area contributed by atoms with Crippen LogP contribution in [0.3, 0.4) is 0 Å². The monoisotopic (exact) mass is 765 g/mol. The summed E-state index contributed by atoms with van der Waals surface area (Å²) in [5, 5.41) is 4.79. The topological polar surface area (TPSA) is 16.4 Å². The highest BCUT2D eigenvalue weighted by atomic mass is 16.3. The number of rotatable bonds is 8. The lowest BCUT2D eigenvalue weighted by molar-refractivity contribution is 0.670. The molecule has 0 radical (unpaired) electrons. The van der Waals surface area contributed by atoms with Crippen LogP contribution < -0.4 is 4.90 Å². The molecule has 0 aliphatic heterocycles. The SMILES string of the molecule is c1ccc(-c2ccc(N(c3ccc(-c4cccc(-c5cccc6ccccc56)c4)cc3)c3ccc(-c4cccc(-c5cccc6c5oc5ccccc56)c4)cc3)cc2)cc1. The Morgan fingerprint density at radius 3 is 1.33 bits per heavy atom. The molecule has 0 atom stereocenters. The fourth-order valence-corrected chi connectivity index (χ4v) is 8.67. The molecule has 0 aliphatic rings. The second kappa shape index (κ2) is 15.1. The van der Waals surface area contributed by atoms with Crippen LogP contribution in [0.4, 0.5) is 17.1 Å². The molecule has 0 amide bonds. The molecule has 11 aromatic rings. The van der Waals surface area contributed by atoms with Crippen LogP contribution in [0.15, 0.2) is 241 Å². The average molecular weight is 766 g/mol. The molecule has 0 aliphatic carbocycles. The minimum atomic E-state index is 0.909. The highest BCUT2D eigenvalue weighted by Crippen LogP contribution is 2.40. The van der Waals surface area contributed by atoms with Gasteiger partial charge in [0.1, 0.15) is 11.2 Å². The number of benzene rings is 10. The number of hydrogen-bond acceptors (Lipinski definition) is 2. The van der Waals surface area contributed by atoms with E-state index in [4.69, 9.17) is 4.42 Å². The third-order valence-corrected chi connectivity index (χ3v) is 11.7. The Labute approximate surface area is 349 Å². The fourth-order valence-electron chi connectivity index (χ4n) is 8.67. The molecule has 0 saturated carbocycles. The van der Waals surface area contributed by atoms with Gasteiger partial charge >= 0.3 is 0 Å². The van der Waals surface area contributed by atoms with E-state index < -0.39 is 0 Å². The fraction of sp³-hybridized carbons (Fsp3) is 0. The minimum absolute atomic E-state index is 0.909. The standard InChI is InChI=1S/C58H39NO/c1-2-12-40(13-3-1)41-26-32-49(33-27-41)59(50-34-28-42(29-35-50)45-16-8-18-47(38-45)53-22-10-15-44-14-4-5-20-52(44)53)51-36-30-43(31-37-51)46-17-9-19-48(39-46)54-23-11-24-56-55-21-6-7-25-57(55)60-58(54)56/h1-39H. The molecule has 0 spiro atoms. The van der Waals surface area contributed by atoms with Crippen LogP contribution in [0, 0.1) is 0 Å². The number of anilines is 3. The molecule has 282 valence electrons. The molecule has 0 fully saturated rings. The normalized spacial score (nSPS) is 11.3. The third kappa shape index (κ3) is 6.51. The van der Waals surface area contributed by atoms with Crippen LogP contribution in [0.25, 0.3) is 88.3 Å². The lowest BCUT2D eigenvalue weighted by Gasteiger charge is -2.26. The van der Waals surface area contributed by atoms with Crippen molar-refractivity contribution in [2.75, 3.05) is 4.90 Å². The average Bonchev–Trinajstić information content (AvgIpc) is 3.72. The van der Waals surface area contributed by atoms with E-state index in [0.29, 0.717) is 0 Å². The van der Waals surface area contributed by atoms with Gasteiger partial charge in [0.15, 0.2) is 0 Å². The highest BCUT2D eigenvalue weighted by molar-refractivity contribution is 6.09. The molecule has 10 aromatic carbocycles. The Morgan fingerprint density at radius 1 is 0.267 bits per heavy atom. The molecular formula is C58H39NO. The van der Waals surface area contributed by atoms with E-state index in [1.165, 1.54) is 44.2 Å². The molecule has 0 N–H and O–H groups in total. The van der Waals surface area contributed by atoms with Crippen molar-refractivity contribution in [3.05, 3.63) is 237 Å². The van der Waals surface area contributed by atoms with Crippen molar-refractivity contribution in [2.24, 2.45) is 0 Å². The molecule has 0 bridgehead atoms. The number of fused-ring (bicyclic) bond motifs is 4. The maximum atomic E-state index is 6.41. The summed E-state index contributed by atoms with van der Waals surface area (Å²) in [6.45, 7) is 0. The van der Waals surface area contributed by atoms with Crippen molar-refractivity contribution >= 4 is 49.8 Å². The molecule has 1 aromatic heterocycles. The largest absolute Gasteiger partial charge is 0.455 e. The first kappa shape index (κ1) is 35.2. The summed E-state index contributed by atoms with van der Waals surface area (Å²) in [6.07, 6.45) is 0.